The summed E-state index contributed by atoms with van der Waals surface area (Å²) in [6, 6.07) is 0. The minimum atomic E-state index is 0.465. The van der Waals surface area contributed by atoms with Crippen molar-refractivity contribution < 1.29 is 0 Å². The number of rotatable bonds is 3. The molecule has 116 valence electrons. The lowest BCUT2D eigenvalue weighted by Crippen LogP contribution is -2.54. The zero-order valence-electron chi connectivity index (χ0n) is 13.3. The molecule has 0 aromatic rings. The highest BCUT2D eigenvalue weighted by molar-refractivity contribution is 8.00. The minimum absolute atomic E-state index is 0.465. The predicted octanol–water partition coefficient (Wildman–Crippen LogP) is 3.66. The molecule has 0 aromatic carbocycles. The number of nitrogens with one attached hydrogen (secondary N) is 1. The Balaban J connectivity index is 1.65. The molecule has 1 N–H and O–H groups in total. The summed E-state index contributed by atoms with van der Waals surface area (Å²) >= 11 is 2.15. The Morgan fingerprint density at radius 1 is 0.950 bits per heavy atom. The summed E-state index contributed by atoms with van der Waals surface area (Å²) in [6.45, 7) is 5.22. The van der Waals surface area contributed by atoms with Crippen LogP contribution in [0.2, 0.25) is 0 Å². The molecule has 0 unspecified atom stereocenters. The summed E-state index contributed by atoms with van der Waals surface area (Å²) < 4.78 is 0.584. The molecule has 20 heavy (non-hydrogen) atoms. The topological polar surface area (TPSA) is 15.3 Å². The summed E-state index contributed by atoms with van der Waals surface area (Å²) in [6.07, 6.45) is 16.7. The van der Waals surface area contributed by atoms with Crippen molar-refractivity contribution in [1.29, 1.82) is 0 Å². The Morgan fingerprint density at radius 2 is 1.65 bits per heavy atom. The molecule has 1 spiro atoms. The summed E-state index contributed by atoms with van der Waals surface area (Å²) in [7, 11) is 0. The van der Waals surface area contributed by atoms with Crippen LogP contribution < -0.4 is 5.32 Å². The van der Waals surface area contributed by atoms with E-state index in [0.717, 1.165) is 0 Å². The van der Waals surface area contributed by atoms with Crippen molar-refractivity contribution in [2.24, 2.45) is 0 Å². The lowest BCUT2D eigenvalue weighted by molar-refractivity contribution is 0.155. The van der Waals surface area contributed by atoms with Crippen molar-refractivity contribution >= 4 is 11.8 Å². The molecule has 3 heteroatoms. The second kappa shape index (κ2) is 6.58. The van der Waals surface area contributed by atoms with Crippen LogP contribution >= 0.6 is 11.8 Å². The van der Waals surface area contributed by atoms with Gasteiger partial charge in [-0.2, -0.15) is 11.8 Å². The number of thioether (sulfide) groups is 1. The highest BCUT2D eigenvalue weighted by Gasteiger charge is 2.39. The minimum Gasteiger partial charge on any atom is -0.310 e. The van der Waals surface area contributed by atoms with E-state index in [4.69, 9.17) is 0 Å². The molecule has 3 rings (SSSR count). The van der Waals surface area contributed by atoms with Crippen LogP contribution in [0.3, 0.4) is 0 Å². The van der Waals surface area contributed by atoms with Crippen LogP contribution in [-0.2, 0) is 0 Å². The molecule has 0 radical (unpaired) electrons. The quantitative estimate of drug-likeness (QED) is 0.855. The van der Waals surface area contributed by atoms with E-state index in [0.29, 0.717) is 10.3 Å². The normalized spacial score (nSPS) is 30.4. The highest BCUT2D eigenvalue weighted by atomic mass is 32.2. The molecule has 3 aliphatic rings. The standard InChI is InChI=1S/C17H32N2S/c1-20-17(10-5-6-11-17)15-19-13-7-12-18-16(14-19)8-3-2-4-9-16/h18H,2-15H2,1H3. The van der Waals surface area contributed by atoms with Crippen LogP contribution in [0.25, 0.3) is 0 Å². The summed E-state index contributed by atoms with van der Waals surface area (Å²) in [4.78, 5) is 2.83. The van der Waals surface area contributed by atoms with Gasteiger partial charge < -0.3 is 10.2 Å². The third-order valence-corrected chi connectivity index (χ3v) is 7.35. The van der Waals surface area contributed by atoms with Gasteiger partial charge in [-0.3, -0.25) is 0 Å². The Labute approximate surface area is 129 Å². The van der Waals surface area contributed by atoms with Crippen LogP contribution in [0.1, 0.15) is 64.2 Å². The first kappa shape index (κ1) is 15.2. The van der Waals surface area contributed by atoms with Gasteiger partial charge in [-0.1, -0.05) is 32.1 Å². The van der Waals surface area contributed by atoms with E-state index >= 15 is 0 Å². The summed E-state index contributed by atoms with van der Waals surface area (Å²) in [5, 5.41) is 3.93. The van der Waals surface area contributed by atoms with Gasteiger partial charge in [-0.15, -0.1) is 0 Å². The van der Waals surface area contributed by atoms with E-state index < -0.39 is 0 Å². The third kappa shape index (κ3) is 3.36. The second-order valence-electron chi connectivity index (χ2n) is 7.43. The van der Waals surface area contributed by atoms with E-state index in [1.807, 2.05) is 0 Å². The van der Waals surface area contributed by atoms with Crippen LogP contribution in [0.5, 0.6) is 0 Å². The summed E-state index contributed by atoms with van der Waals surface area (Å²) in [5.41, 5.74) is 0.465. The maximum absolute atomic E-state index is 3.93. The van der Waals surface area contributed by atoms with Gasteiger partial charge >= 0.3 is 0 Å². The fraction of sp³-hybridized carbons (Fsp3) is 1.00. The zero-order valence-corrected chi connectivity index (χ0v) is 14.1. The van der Waals surface area contributed by atoms with E-state index in [9.17, 15) is 0 Å². The Morgan fingerprint density at radius 3 is 2.35 bits per heavy atom. The lowest BCUT2D eigenvalue weighted by Gasteiger charge is -2.42. The summed E-state index contributed by atoms with van der Waals surface area (Å²) in [5.74, 6) is 0. The van der Waals surface area contributed by atoms with E-state index in [2.05, 4.69) is 28.2 Å². The molecule has 2 nitrogen and oxygen atoms in total. The van der Waals surface area contributed by atoms with Crippen LogP contribution in [0.15, 0.2) is 0 Å². The number of hydrogen-bond acceptors (Lipinski definition) is 3. The Bertz CT molecular complexity index is 306. The molecule has 0 atom stereocenters. The average Bonchev–Trinajstić information content (AvgIpc) is 2.85. The van der Waals surface area contributed by atoms with Gasteiger partial charge in [0.15, 0.2) is 0 Å². The van der Waals surface area contributed by atoms with Gasteiger partial charge in [-0.25, -0.2) is 0 Å². The van der Waals surface area contributed by atoms with Gasteiger partial charge in [0.2, 0.25) is 0 Å². The van der Waals surface area contributed by atoms with Crippen molar-refractivity contribution in [1.82, 2.24) is 10.2 Å². The van der Waals surface area contributed by atoms with Crippen molar-refractivity contribution in [3.05, 3.63) is 0 Å². The van der Waals surface area contributed by atoms with Crippen molar-refractivity contribution in [3.63, 3.8) is 0 Å². The van der Waals surface area contributed by atoms with Gasteiger partial charge in [0.05, 0.1) is 0 Å². The van der Waals surface area contributed by atoms with Gasteiger partial charge in [0, 0.05) is 23.4 Å². The molecule has 3 fully saturated rings. The first-order valence-electron chi connectivity index (χ1n) is 8.79. The van der Waals surface area contributed by atoms with Crippen LogP contribution in [0, 0.1) is 0 Å². The molecule has 0 bridgehead atoms. The first-order valence-corrected chi connectivity index (χ1v) is 10.0. The first-order chi connectivity index (χ1) is 9.76. The predicted molar refractivity (Wildman–Crippen MR) is 89.6 cm³/mol. The van der Waals surface area contributed by atoms with Crippen molar-refractivity contribution in [2.45, 2.75) is 74.5 Å². The SMILES string of the molecule is CSC1(CN2CCCNC3(CCCCC3)C2)CCCC1. The highest BCUT2D eigenvalue weighted by Crippen LogP contribution is 2.41. The molecule has 1 saturated heterocycles. The molecule has 1 aliphatic heterocycles. The van der Waals surface area contributed by atoms with Gasteiger partial charge in [-0.05, 0) is 51.4 Å². The van der Waals surface area contributed by atoms with Gasteiger partial charge in [0.1, 0.15) is 0 Å². The number of nitrogens with zero attached hydrogens (tertiary/aromatic N) is 1. The number of hydrogen-bond donors (Lipinski definition) is 1. The lowest BCUT2D eigenvalue weighted by atomic mass is 9.81. The smallest absolute Gasteiger partial charge is 0.0308 e. The fourth-order valence-corrected chi connectivity index (χ4v) is 5.78. The van der Waals surface area contributed by atoms with Crippen LogP contribution in [-0.4, -0.2) is 47.6 Å². The van der Waals surface area contributed by atoms with Crippen molar-refractivity contribution in [2.75, 3.05) is 32.4 Å². The fourth-order valence-electron chi connectivity index (χ4n) is 4.77. The molecular weight excluding hydrogens is 264 g/mol. The zero-order chi connectivity index (χ0) is 13.9. The molecular formula is C17H32N2S. The van der Waals surface area contributed by atoms with Crippen LogP contribution in [0.4, 0.5) is 0 Å². The Hall–Kier alpha value is 0.270. The van der Waals surface area contributed by atoms with E-state index in [-0.39, 0.29) is 0 Å². The molecule has 2 aliphatic carbocycles. The van der Waals surface area contributed by atoms with Gasteiger partial charge in [0.25, 0.3) is 0 Å². The molecule has 0 amide bonds. The maximum Gasteiger partial charge on any atom is 0.0308 e. The molecule has 2 saturated carbocycles. The Kier molecular flexibility index (Phi) is 4.99. The van der Waals surface area contributed by atoms with Crippen molar-refractivity contribution in [3.8, 4) is 0 Å². The molecule has 1 heterocycles. The third-order valence-electron chi connectivity index (χ3n) is 5.95. The monoisotopic (exact) mass is 296 g/mol. The average molecular weight is 297 g/mol. The van der Waals surface area contributed by atoms with E-state index in [1.165, 1.54) is 90.4 Å². The second-order valence-corrected chi connectivity index (χ2v) is 8.70. The van der Waals surface area contributed by atoms with E-state index in [1.54, 1.807) is 0 Å². The maximum atomic E-state index is 3.93. The molecule has 0 aromatic heterocycles. The largest absolute Gasteiger partial charge is 0.310 e.